The number of halogens is 3. The quantitative estimate of drug-likeness (QED) is 0.662. The molecule has 1 aromatic heterocycles. The monoisotopic (exact) mass is 342 g/mol. The van der Waals surface area contributed by atoms with Crippen LogP contribution in [-0.2, 0) is 19.3 Å². The van der Waals surface area contributed by atoms with Crippen LogP contribution in [0.4, 0.5) is 13.2 Å². The predicted molar refractivity (Wildman–Crippen MR) is 85.3 cm³/mol. The summed E-state index contributed by atoms with van der Waals surface area (Å²) in [6.07, 6.45) is -2.50. The summed E-state index contributed by atoms with van der Waals surface area (Å²) in [5.74, 6) is 0.567. The summed E-state index contributed by atoms with van der Waals surface area (Å²) in [5.41, 5.74) is 0.0916. The first-order valence-corrected chi connectivity index (χ1v) is 7.72. The highest BCUT2D eigenvalue weighted by Gasteiger charge is 2.29. The van der Waals surface area contributed by atoms with E-state index in [4.69, 9.17) is 0 Å². The molecule has 0 bridgehead atoms. The Bertz CT molecular complexity index is 662. The number of aryl methyl sites for hydroxylation is 1. The lowest BCUT2D eigenvalue weighted by molar-refractivity contribution is -0.137. The standard InChI is InChI=1S/C15H17F3N4S/c1-10-7-20-13(23-10)9-22-14(19-2)21-8-11-3-5-12(6-4-11)15(16,17)18/h3-7H,8-9H2,1-2H3,(H2,19,21,22). The maximum Gasteiger partial charge on any atom is 0.416 e. The molecule has 1 heterocycles. The van der Waals surface area contributed by atoms with E-state index in [-0.39, 0.29) is 0 Å². The fraction of sp³-hybridized carbons (Fsp3) is 0.333. The first-order valence-electron chi connectivity index (χ1n) is 6.90. The largest absolute Gasteiger partial charge is 0.416 e. The summed E-state index contributed by atoms with van der Waals surface area (Å²) in [7, 11) is 1.63. The summed E-state index contributed by atoms with van der Waals surface area (Å²) < 4.78 is 37.5. The van der Waals surface area contributed by atoms with Crippen LogP contribution in [0, 0.1) is 6.92 Å². The Balaban J connectivity index is 1.85. The predicted octanol–water partition coefficient (Wildman–Crippen LogP) is 3.34. The maximum atomic E-state index is 12.5. The van der Waals surface area contributed by atoms with E-state index >= 15 is 0 Å². The Morgan fingerprint density at radius 1 is 1.17 bits per heavy atom. The van der Waals surface area contributed by atoms with E-state index in [1.54, 1.807) is 24.6 Å². The molecule has 0 amide bonds. The molecule has 1 aromatic carbocycles. The number of hydrogen-bond donors (Lipinski definition) is 2. The van der Waals surface area contributed by atoms with Crippen LogP contribution in [0.2, 0.25) is 0 Å². The van der Waals surface area contributed by atoms with Gasteiger partial charge in [-0.05, 0) is 24.6 Å². The number of guanidine groups is 1. The van der Waals surface area contributed by atoms with Crippen molar-refractivity contribution in [1.82, 2.24) is 15.6 Å². The van der Waals surface area contributed by atoms with Crippen LogP contribution in [-0.4, -0.2) is 18.0 Å². The molecule has 4 nitrogen and oxygen atoms in total. The van der Waals surface area contributed by atoms with E-state index in [2.05, 4.69) is 20.6 Å². The van der Waals surface area contributed by atoms with Crippen LogP contribution in [0.3, 0.4) is 0 Å². The Kier molecular flexibility index (Phi) is 5.59. The minimum Gasteiger partial charge on any atom is -0.352 e. The molecule has 0 fully saturated rings. The molecule has 2 rings (SSSR count). The van der Waals surface area contributed by atoms with E-state index in [1.165, 1.54) is 12.1 Å². The number of rotatable bonds is 4. The minimum absolute atomic E-state index is 0.384. The molecule has 23 heavy (non-hydrogen) atoms. The van der Waals surface area contributed by atoms with Crippen LogP contribution in [0.25, 0.3) is 0 Å². The summed E-state index contributed by atoms with van der Waals surface area (Å²) in [6, 6.07) is 5.05. The molecule has 2 N–H and O–H groups in total. The number of aromatic nitrogens is 1. The van der Waals surface area contributed by atoms with Crippen molar-refractivity contribution in [3.63, 3.8) is 0 Å². The normalized spacial score (nSPS) is 12.3. The van der Waals surface area contributed by atoms with Gasteiger partial charge >= 0.3 is 6.18 Å². The van der Waals surface area contributed by atoms with Crippen molar-refractivity contribution < 1.29 is 13.2 Å². The smallest absolute Gasteiger partial charge is 0.352 e. The molecule has 0 saturated carbocycles. The van der Waals surface area contributed by atoms with Crippen LogP contribution >= 0.6 is 11.3 Å². The number of nitrogens with one attached hydrogen (secondary N) is 2. The zero-order chi connectivity index (χ0) is 16.9. The van der Waals surface area contributed by atoms with Gasteiger partial charge in [0.2, 0.25) is 0 Å². The van der Waals surface area contributed by atoms with Gasteiger partial charge in [-0.1, -0.05) is 12.1 Å². The molecule has 0 unspecified atom stereocenters. The van der Waals surface area contributed by atoms with Crippen LogP contribution in [0.15, 0.2) is 35.5 Å². The molecule has 0 atom stereocenters. The van der Waals surface area contributed by atoms with E-state index in [9.17, 15) is 13.2 Å². The number of nitrogens with zero attached hydrogens (tertiary/aromatic N) is 2. The number of alkyl halides is 3. The molecule has 0 spiro atoms. The molecule has 0 aliphatic rings. The van der Waals surface area contributed by atoms with Gasteiger partial charge in [0, 0.05) is 24.7 Å². The van der Waals surface area contributed by atoms with E-state index in [0.29, 0.717) is 19.0 Å². The molecule has 0 saturated heterocycles. The zero-order valence-corrected chi connectivity index (χ0v) is 13.6. The molecular weight excluding hydrogens is 325 g/mol. The van der Waals surface area contributed by atoms with Crippen molar-refractivity contribution >= 4 is 17.3 Å². The van der Waals surface area contributed by atoms with Crippen molar-refractivity contribution in [3.8, 4) is 0 Å². The Morgan fingerprint density at radius 3 is 2.35 bits per heavy atom. The van der Waals surface area contributed by atoms with Gasteiger partial charge in [0.1, 0.15) is 5.01 Å². The van der Waals surface area contributed by atoms with Gasteiger partial charge < -0.3 is 10.6 Å². The molecule has 2 aromatic rings. The van der Waals surface area contributed by atoms with Gasteiger partial charge in [-0.15, -0.1) is 11.3 Å². The highest BCUT2D eigenvalue weighted by molar-refractivity contribution is 7.11. The fourth-order valence-corrected chi connectivity index (χ4v) is 2.59. The number of aliphatic imine (C=N–C) groups is 1. The van der Waals surface area contributed by atoms with Crippen molar-refractivity contribution in [3.05, 3.63) is 51.5 Å². The molecular formula is C15H17F3N4S. The number of thiazole rings is 1. The SMILES string of the molecule is CN=C(NCc1ccc(C(F)(F)F)cc1)NCc1ncc(C)s1. The maximum absolute atomic E-state index is 12.5. The lowest BCUT2D eigenvalue weighted by atomic mass is 10.1. The third kappa shape index (κ3) is 5.24. The van der Waals surface area contributed by atoms with Crippen molar-refractivity contribution in [2.24, 2.45) is 4.99 Å². The minimum atomic E-state index is -4.31. The summed E-state index contributed by atoms with van der Waals surface area (Å²) in [4.78, 5) is 9.45. The first kappa shape index (κ1) is 17.3. The second-order valence-electron chi connectivity index (χ2n) is 4.84. The van der Waals surface area contributed by atoms with Gasteiger partial charge in [-0.2, -0.15) is 13.2 Å². The van der Waals surface area contributed by atoms with Crippen LogP contribution in [0.5, 0.6) is 0 Å². The van der Waals surface area contributed by atoms with Crippen molar-refractivity contribution in [1.29, 1.82) is 0 Å². The molecule has 124 valence electrons. The number of hydrogen-bond acceptors (Lipinski definition) is 3. The summed E-state index contributed by atoms with van der Waals surface area (Å²) in [6.45, 7) is 2.92. The van der Waals surface area contributed by atoms with Crippen molar-refractivity contribution in [2.75, 3.05) is 7.05 Å². The van der Waals surface area contributed by atoms with Crippen molar-refractivity contribution in [2.45, 2.75) is 26.2 Å². The topological polar surface area (TPSA) is 49.3 Å². The second kappa shape index (κ2) is 7.45. The lowest BCUT2D eigenvalue weighted by Crippen LogP contribution is -2.36. The Labute approximate surface area is 136 Å². The summed E-state index contributed by atoms with van der Waals surface area (Å²) in [5, 5.41) is 7.11. The lowest BCUT2D eigenvalue weighted by Gasteiger charge is -2.12. The third-order valence-corrected chi connectivity index (χ3v) is 3.95. The highest BCUT2D eigenvalue weighted by atomic mass is 32.1. The van der Waals surface area contributed by atoms with Gasteiger partial charge in [0.25, 0.3) is 0 Å². The molecule has 0 aliphatic carbocycles. The third-order valence-electron chi connectivity index (χ3n) is 3.04. The fourth-order valence-electron chi connectivity index (χ4n) is 1.86. The zero-order valence-electron chi connectivity index (χ0n) is 12.7. The van der Waals surface area contributed by atoms with Crippen LogP contribution in [0.1, 0.15) is 21.0 Å². The second-order valence-corrected chi connectivity index (χ2v) is 6.16. The van der Waals surface area contributed by atoms with Gasteiger partial charge in [0.05, 0.1) is 12.1 Å². The highest BCUT2D eigenvalue weighted by Crippen LogP contribution is 2.29. The van der Waals surface area contributed by atoms with Gasteiger partial charge in [-0.25, -0.2) is 4.98 Å². The summed E-state index contributed by atoms with van der Waals surface area (Å²) >= 11 is 1.60. The molecule has 8 heteroatoms. The Hall–Kier alpha value is -2.09. The molecule has 0 aliphatic heterocycles. The Morgan fingerprint density at radius 2 is 1.83 bits per heavy atom. The van der Waals surface area contributed by atoms with E-state index in [0.717, 1.165) is 27.6 Å². The van der Waals surface area contributed by atoms with Gasteiger partial charge in [-0.3, -0.25) is 4.99 Å². The van der Waals surface area contributed by atoms with E-state index in [1.807, 2.05) is 6.92 Å². The van der Waals surface area contributed by atoms with Gasteiger partial charge in [0.15, 0.2) is 5.96 Å². The average Bonchev–Trinajstić information content (AvgIpc) is 2.92. The molecule has 0 radical (unpaired) electrons. The van der Waals surface area contributed by atoms with Crippen LogP contribution < -0.4 is 10.6 Å². The average molecular weight is 342 g/mol. The number of benzene rings is 1. The van der Waals surface area contributed by atoms with E-state index < -0.39 is 11.7 Å². The first-order chi connectivity index (χ1) is 10.9.